The Morgan fingerprint density at radius 3 is 2.67 bits per heavy atom. The first-order valence-corrected chi connectivity index (χ1v) is 8.33. The first kappa shape index (κ1) is 17.8. The Bertz CT molecular complexity index is 637. The minimum atomic E-state index is -0.0432. The van der Waals surface area contributed by atoms with Crippen molar-refractivity contribution in [3.05, 3.63) is 48.0 Å². The van der Waals surface area contributed by atoms with Crippen LogP contribution in [0.25, 0.3) is 0 Å². The topological polar surface area (TPSA) is 59.4 Å². The van der Waals surface area contributed by atoms with Crippen molar-refractivity contribution in [1.82, 2.24) is 19.8 Å². The lowest BCUT2D eigenvalue weighted by atomic mass is 10.2. The number of hydrogen-bond acceptors (Lipinski definition) is 3. The average molecular weight is 330 g/mol. The molecule has 0 bridgehead atoms. The highest BCUT2D eigenvalue weighted by atomic mass is 16.5. The van der Waals surface area contributed by atoms with Crippen LogP contribution >= 0.6 is 0 Å². The molecule has 0 saturated heterocycles. The molecule has 1 heterocycles. The van der Waals surface area contributed by atoms with E-state index in [9.17, 15) is 4.79 Å². The quantitative estimate of drug-likeness (QED) is 0.809. The molecular weight excluding hydrogens is 304 g/mol. The number of rotatable bonds is 8. The van der Waals surface area contributed by atoms with Crippen LogP contribution in [0, 0.1) is 0 Å². The monoisotopic (exact) mass is 330 g/mol. The Kier molecular flexibility index (Phi) is 6.66. The van der Waals surface area contributed by atoms with Gasteiger partial charge in [0.25, 0.3) is 0 Å². The molecule has 2 aromatic rings. The van der Waals surface area contributed by atoms with Gasteiger partial charge in [0.2, 0.25) is 0 Å². The predicted molar refractivity (Wildman–Crippen MR) is 94.1 cm³/mol. The number of nitrogens with zero attached hydrogens (tertiary/aromatic N) is 3. The maximum atomic E-state index is 12.2. The third kappa shape index (κ3) is 4.75. The Morgan fingerprint density at radius 1 is 1.29 bits per heavy atom. The Hall–Kier alpha value is -2.50. The SMILES string of the molecule is CCCNC(=O)N(CC)Cc1nccn1Cc1ccc(OC)cc1. The molecule has 0 saturated carbocycles. The Balaban J connectivity index is 2.04. The zero-order valence-corrected chi connectivity index (χ0v) is 14.7. The van der Waals surface area contributed by atoms with Crippen molar-refractivity contribution in [3.63, 3.8) is 0 Å². The van der Waals surface area contributed by atoms with Crippen molar-refractivity contribution in [2.24, 2.45) is 0 Å². The van der Waals surface area contributed by atoms with E-state index >= 15 is 0 Å². The lowest BCUT2D eigenvalue weighted by molar-refractivity contribution is 0.196. The minimum absolute atomic E-state index is 0.0432. The molecule has 0 radical (unpaired) electrons. The number of nitrogens with one attached hydrogen (secondary N) is 1. The van der Waals surface area contributed by atoms with E-state index in [-0.39, 0.29) is 6.03 Å². The van der Waals surface area contributed by atoms with Gasteiger partial charge in [0.05, 0.1) is 13.7 Å². The van der Waals surface area contributed by atoms with Crippen LogP contribution in [0.1, 0.15) is 31.7 Å². The number of methoxy groups -OCH3 is 1. The Morgan fingerprint density at radius 2 is 2.04 bits per heavy atom. The largest absolute Gasteiger partial charge is 0.497 e. The van der Waals surface area contributed by atoms with E-state index in [0.717, 1.165) is 23.6 Å². The number of imidazole rings is 1. The molecule has 0 spiro atoms. The summed E-state index contributed by atoms with van der Waals surface area (Å²) in [5, 5.41) is 2.91. The highest BCUT2D eigenvalue weighted by molar-refractivity contribution is 5.73. The van der Waals surface area contributed by atoms with Crippen molar-refractivity contribution in [1.29, 1.82) is 0 Å². The van der Waals surface area contributed by atoms with E-state index < -0.39 is 0 Å². The molecule has 6 nitrogen and oxygen atoms in total. The summed E-state index contributed by atoms with van der Waals surface area (Å²) in [6.45, 7) is 6.56. The van der Waals surface area contributed by atoms with Crippen molar-refractivity contribution in [2.75, 3.05) is 20.2 Å². The van der Waals surface area contributed by atoms with Gasteiger partial charge in [-0.2, -0.15) is 0 Å². The minimum Gasteiger partial charge on any atom is -0.497 e. The molecular formula is C18H26N4O2. The van der Waals surface area contributed by atoms with Gasteiger partial charge in [0.1, 0.15) is 11.6 Å². The van der Waals surface area contributed by atoms with Crippen LogP contribution in [0.3, 0.4) is 0 Å². The summed E-state index contributed by atoms with van der Waals surface area (Å²) >= 11 is 0. The fourth-order valence-electron chi connectivity index (χ4n) is 2.40. The second-order valence-corrected chi connectivity index (χ2v) is 5.57. The molecule has 1 N–H and O–H groups in total. The lowest BCUT2D eigenvalue weighted by Gasteiger charge is -2.21. The number of carbonyl (C=O) groups is 1. The van der Waals surface area contributed by atoms with E-state index in [1.165, 1.54) is 0 Å². The summed E-state index contributed by atoms with van der Waals surface area (Å²) in [4.78, 5) is 18.3. The van der Waals surface area contributed by atoms with Crippen molar-refractivity contribution < 1.29 is 9.53 Å². The number of benzene rings is 1. The van der Waals surface area contributed by atoms with Crippen LogP contribution in [0.15, 0.2) is 36.7 Å². The molecule has 0 unspecified atom stereocenters. The third-order valence-electron chi connectivity index (χ3n) is 3.84. The summed E-state index contributed by atoms with van der Waals surface area (Å²) in [6, 6.07) is 7.92. The van der Waals surface area contributed by atoms with Crippen molar-refractivity contribution in [3.8, 4) is 5.75 Å². The number of carbonyl (C=O) groups excluding carboxylic acids is 1. The maximum Gasteiger partial charge on any atom is 0.317 e. The summed E-state index contributed by atoms with van der Waals surface area (Å²) < 4.78 is 7.25. The third-order valence-corrected chi connectivity index (χ3v) is 3.84. The molecule has 1 aromatic heterocycles. The predicted octanol–water partition coefficient (Wildman–Crippen LogP) is 2.88. The smallest absolute Gasteiger partial charge is 0.317 e. The number of hydrogen-bond donors (Lipinski definition) is 1. The molecule has 0 aliphatic heterocycles. The van der Waals surface area contributed by atoms with Gasteiger partial charge >= 0.3 is 6.03 Å². The normalized spacial score (nSPS) is 10.5. The number of amides is 2. The van der Waals surface area contributed by atoms with Gasteiger partial charge in [0, 0.05) is 32.0 Å². The van der Waals surface area contributed by atoms with E-state index in [2.05, 4.69) is 14.9 Å². The Labute approximate surface area is 143 Å². The average Bonchev–Trinajstić information content (AvgIpc) is 3.05. The van der Waals surface area contributed by atoms with E-state index in [1.807, 2.05) is 44.3 Å². The van der Waals surface area contributed by atoms with Gasteiger partial charge in [0.15, 0.2) is 0 Å². The van der Waals surface area contributed by atoms with Crippen LogP contribution in [-0.2, 0) is 13.1 Å². The molecule has 2 amide bonds. The number of aromatic nitrogens is 2. The maximum absolute atomic E-state index is 12.2. The molecule has 24 heavy (non-hydrogen) atoms. The second-order valence-electron chi connectivity index (χ2n) is 5.57. The molecule has 0 aliphatic rings. The van der Waals surface area contributed by atoms with Crippen molar-refractivity contribution in [2.45, 2.75) is 33.4 Å². The van der Waals surface area contributed by atoms with E-state index in [4.69, 9.17) is 4.74 Å². The zero-order chi connectivity index (χ0) is 17.4. The summed E-state index contributed by atoms with van der Waals surface area (Å²) in [5.41, 5.74) is 1.16. The van der Waals surface area contributed by atoms with E-state index in [0.29, 0.717) is 26.2 Å². The van der Waals surface area contributed by atoms with Gasteiger partial charge in [-0.15, -0.1) is 0 Å². The highest BCUT2D eigenvalue weighted by Crippen LogP contribution is 2.13. The molecule has 1 aromatic carbocycles. The van der Waals surface area contributed by atoms with Crippen LogP contribution in [0.2, 0.25) is 0 Å². The molecule has 6 heteroatoms. The summed E-state index contributed by atoms with van der Waals surface area (Å²) in [5.74, 6) is 1.72. The molecule has 0 atom stereocenters. The first-order chi connectivity index (χ1) is 11.7. The lowest BCUT2D eigenvalue weighted by Crippen LogP contribution is -2.40. The molecule has 2 rings (SSSR count). The zero-order valence-electron chi connectivity index (χ0n) is 14.7. The standard InChI is InChI=1S/C18H26N4O2/c1-4-10-20-18(23)21(5-2)14-17-19-11-12-22(17)13-15-6-8-16(24-3)9-7-15/h6-9,11-12H,4-5,10,13-14H2,1-3H3,(H,20,23). The fraction of sp³-hybridized carbons (Fsp3) is 0.444. The number of urea groups is 1. The molecule has 0 aliphatic carbocycles. The van der Waals surface area contributed by atoms with Crippen LogP contribution in [0.4, 0.5) is 4.79 Å². The van der Waals surface area contributed by atoms with Gasteiger partial charge in [-0.05, 0) is 31.0 Å². The number of ether oxygens (including phenoxy) is 1. The highest BCUT2D eigenvalue weighted by Gasteiger charge is 2.14. The van der Waals surface area contributed by atoms with Gasteiger partial charge < -0.3 is 19.5 Å². The molecule has 0 fully saturated rings. The van der Waals surface area contributed by atoms with Crippen LogP contribution in [0.5, 0.6) is 5.75 Å². The first-order valence-electron chi connectivity index (χ1n) is 8.33. The van der Waals surface area contributed by atoms with Crippen molar-refractivity contribution >= 4 is 6.03 Å². The fourth-order valence-corrected chi connectivity index (χ4v) is 2.40. The summed E-state index contributed by atoms with van der Waals surface area (Å²) in [6.07, 6.45) is 4.64. The molecule has 130 valence electrons. The van der Waals surface area contributed by atoms with Crippen LogP contribution < -0.4 is 10.1 Å². The van der Waals surface area contributed by atoms with Crippen LogP contribution in [-0.4, -0.2) is 40.7 Å². The second kappa shape index (κ2) is 8.96. The van der Waals surface area contributed by atoms with E-state index in [1.54, 1.807) is 18.2 Å². The van der Waals surface area contributed by atoms with Gasteiger partial charge in [-0.25, -0.2) is 9.78 Å². The summed E-state index contributed by atoms with van der Waals surface area (Å²) in [7, 11) is 1.66. The van der Waals surface area contributed by atoms with Gasteiger partial charge in [-0.1, -0.05) is 19.1 Å². The van der Waals surface area contributed by atoms with Gasteiger partial charge in [-0.3, -0.25) is 0 Å².